The molecule has 0 aliphatic rings. The molecule has 42 heavy (non-hydrogen) atoms. The second kappa shape index (κ2) is 16.2. The molecule has 0 spiro atoms. The van der Waals surface area contributed by atoms with Gasteiger partial charge < -0.3 is 15.0 Å². The number of sulfonamides is 1. The molecule has 0 aliphatic carbocycles. The highest BCUT2D eigenvalue weighted by molar-refractivity contribution is 7.98. The summed E-state index contributed by atoms with van der Waals surface area (Å²) in [6, 6.07) is 22.1. The third-order valence-electron chi connectivity index (χ3n) is 6.84. The van der Waals surface area contributed by atoms with Gasteiger partial charge in [0.2, 0.25) is 11.8 Å². The summed E-state index contributed by atoms with van der Waals surface area (Å²) in [5.74, 6) is -0.147. The number of thioether (sulfide) groups is 1. The molecular weight excluding hydrogens is 571 g/mol. The Morgan fingerprint density at radius 1 is 0.952 bits per heavy atom. The lowest BCUT2D eigenvalue weighted by molar-refractivity contribution is -0.138. The van der Waals surface area contributed by atoms with Gasteiger partial charge in [0.25, 0.3) is 10.0 Å². The van der Waals surface area contributed by atoms with E-state index in [0.717, 1.165) is 27.6 Å². The molecule has 1 N–H and O–H groups in total. The van der Waals surface area contributed by atoms with Gasteiger partial charge in [-0.1, -0.05) is 43.7 Å². The highest BCUT2D eigenvalue weighted by Crippen LogP contribution is 2.27. The predicted octanol–water partition coefficient (Wildman–Crippen LogP) is 5.38. The molecule has 0 aliphatic heterocycles. The van der Waals surface area contributed by atoms with E-state index in [1.807, 2.05) is 50.4 Å². The summed E-state index contributed by atoms with van der Waals surface area (Å²) in [6.07, 6.45) is 4.19. The van der Waals surface area contributed by atoms with Crippen LogP contribution in [0, 0.1) is 0 Å². The number of unbranched alkanes of at least 4 members (excludes halogenated alkanes) is 1. The summed E-state index contributed by atoms with van der Waals surface area (Å²) >= 11 is 1.51. The molecule has 3 aromatic carbocycles. The maximum atomic E-state index is 14.0. The Morgan fingerprint density at radius 2 is 1.62 bits per heavy atom. The third kappa shape index (κ3) is 9.00. The summed E-state index contributed by atoms with van der Waals surface area (Å²) in [6.45, 7) is 6.35. The predicted molar refractivity (Wildman–Crippen MR) is 170 cm³/mol. The lowest BCUT2D eigenvalue weighted by Crippen LogP contribution is -2.52. The van der Waals surface area contributed by atoms with Crippen LogP contribution in [0.5, 0.6) is 5.75 Å². The first-order valence-corrected chi connectivity index (χ1v) is 16.9. The summed E-state index contributed by atoms with van der Waals surface area (Å²) in [5, 5.41) is 2.91. The fraction of sp³-hybridized carbons (Fsp3) is 0.375. The van der Waals surface area contributed by atoms with Crippen molar-refractivity contribution in [2.24, 2.45) is 0 Å². The number of anilines is 1. The summed E-state index contributed by atoms with van der Waals surface area (Å²) in [4.78, 5) is 29.5. The average Bonchev–Trinajstić information content (AvgIpc) is 3.01. The maximum Gasteiger partial charge on any atom is 0.264 e. The SMILES string of the molecule is CCCCNC(=O)[C@@H](C)N(CCc1ccccc1)C(=O)CN(c1ccc(OCC)cc1)S(=O)(=O)c1ccc(SC)cc1. The minimum Gasteiger partial charge on any atom is -0.494 e. The van der Waals surface area contributed by atoms with E-state index in [-0.39, 0.29) is 17.3 Å². The topological polar surface area (TPSA) is 96.0 Å². The lowest BCUT2D eigenvalue weighted by atomic mass is 10.1. The molecule has 0 saturated heterocycles. The molecule has 3 rings (SSSR count). The van der Waals surface area contributed by atoms with Crippen LogP contribution < -0.4 is 14.4 Å². The first-order chi connectivity index (χ1) is 20.2. The normalized spacial score (nSPS) is 11.9. The Balaban J connectivity index is 1.96. The van der Waals surface area contributed by atoms with Gasteiger partial charge in [-0.15, -0.1) is 11.8 Å². The van der Waals surface area contributed by atoms with Crippen LogP contribution in [-0.2, 0) is 26.0 Å². The molecule has 2 amide bonds. The molecule has 0 fully saturated rings. The Labute approximate surface area is 254 Å². The number of nitrogens with zero attached hydrogens (tertiary/aromatic N) is 2. The van der Waals surface area contributed by atoms with Gasteiger partial charge in [0.1, 0.15) is 18.3 Å². The lowest BCUT2D eigenvalue weighted by Gasteiger charge is -2.32. The second-order valence-electron chi connectivity index (χ2n) is 9.76. The van der Waals surface area contributed by atoms with Gasteiger partial charge in [-0.25, -0.2) is 8.42 Å². The highest BCUT2D eigenvalue weighted by atomic mass is 32.2. The maximum absolute atomic E-state index is 14.0. The molecule has 0 bridgehead atoms. The van der Waals surface area contributed by atoms with Crippen molar-refractivity contribution in [2.45, 2.75) is 55.9 Å². The number of carbonyl (C=O) groups excluding carboxylic acids is 2. The zero-order chi connectivity index (χ0) is 30.5. The van der Waals surface area contributed by atoms with Crippen molar-refractivity contribution in [3.8, 4) is 5.75 Å². The van der Waals surface area contributed by atoms with Crippen LogP contribution >= 0.6 is 11.8 Å². The second-order valence-corrected chi connectivity index (χ2v) is 12.5. The number of ether oxygens (including phenoxy) is 1. The van der Waals surface area contributed by atoms with Crippen LogP contribution in [0.3, 0.4) is 0 Å². The standard InChI is InChI=1S/C32H41N3O5S2/c1-5-7-22-33-32(37)25(3)34(23-21-26-11-9-8-10-12-26)31(36)24-35(27-13-15-28(16-14-27)40-6-2)42(38,39)30-19-17-29(41-4)18-20-30/h8-20,25H,5-7,21-24H2,1-4H3,(H,33,37)/t25-/m1/s1. The van der Waals surface area contributed by atoms with Crippen molar-refractivity contribution in [3.05, 3.63) is 84.4 Å². The van der Waals surface area contributed by atoms with Crippen LogP contribution in [-0.4, -0.2) is 63.7 Å². The molecule has 0 radical (unpaired) electrons. The molecule has 3 aromatic rings. The van der Waals surface area contributed by atoms with Gasteiger partial charge in [0, 0.05) is 18.0 Å². The van der Waals surface area contributed by atoms with E-state index in [4.69, 9.17) is 4.74 Å². The third-order valence-corrected chi connectivity index (χ3v) is 9.37. The smallest absolute Gasteiger partial charge is 0.264 e. The van der Waals surface area contributed by atoms with E-state index < -0.39 is 28.5 Å². The van der Waals surface area contributed by atoms with Gasteiger partial charge in [0.05, 0.1) is 17.2 Å². The van der Waals surface area contributed by atoms with E-state index >= 15 is 0 Å². The number of rotatable bonds is 16. The molecule has 1 atom stereocenters. The minimum absolute atomic E-state index is 0.0724. The van der Waals surface area contributed by atoms with Crippen LogP contribution in [0.1, 0.15) is 39.2 Å². The zero-order valence-corrected chi connectivity index (χ0v) is 26.4. The highest BCUT2D eigenvalue weighted by Gasteiger charge is 2.32. The van der Waals surface area contributed by atoms with E-state index in [1.54, 1.807) is 55.5 Å². The van der Waals surface area contributed by atoms with Gasteiger partial charge in [-0.3, -0.25) is 13.9 Å². The minimum atomic E-state index is -4.13. The van der Waals surface area contributed by atoms with Crippen molar-refractivity contribution < 1.29 is 22.7 Å². The van der Waals surface area contributed by atoms with Crippen LogP contribution in [0.25, 0.3) is 0 Å². The zero-order valence-electron chi connectivity index (χ0n) is 24.8. The molecule has 8 nitrogen and oxygen atoms in total. The first-order valence-electron chi connectivity index (χ1n) is 14.2. The average molecular weight is 612 g/mol. The molecule has 0 heterocycles. The van der Waals surface area contributed by atoms with Crippen molar-refractivity contribution in [2.75, 3.05) is 36.8 Å². The number of amides is 2. The van der Waals surface area contributed by atoms with E-state index in [2.05, 4.69) is 5.32 Å². The Hall–Kier alpha value is -3.50. The molecule has 0 unspecified atom stereocenters. The van der Waals surface area contributed by atoms with Crippen molar-refractivity contribution >= 4 is 39.3 Å². The molecule has 10 heteroatoms. The van der Waals surface area contributed by atoms with E-state index in [0.29, 0.717) is 31.0 Å². The van der Waals surface area contributed by atoms with Crippen molar-refractivity contribution in [3.63, 3.8) is 0 Å². The van der Waals surface area contributed by atoms with Crippen LogP contribution in [0.15, 0.2) is 88.7 Å². The molecule has 0 aromatic heterocycles. The molecular formula is C32H41N3O5S2. The van der Waals surface area contributed by atoms with E-state index in [1.165, 1.54) is 16.7 Å². The fourth-order valence-corrected chi connectivity index (χ4v) is 6.21. The first kappa shape index (κ1) is 33.0. The Kier molecular flexibility index (Phi) is 12.7. The van der Waals surface area contributed by atoms with Crippen molar-refractivity contribution in [1.82, 2.24) is 10.2 Å². The Bertz CT molecular complexity index is 1380. The van der Waals surface area contributed by atoms with Gasteiger partial charge >= 0.3 is 0 Å². The van der Waals surface area contributed by atoms with Gasteiger partial charge in [0.15, 0.2) is 0 Å². The van der Waals surface area contributed by atoms with E-state index in [9.17, 15) is 18.0 Å². The summed E-state index contributed by atoms with van der Waals surface area (Å²) < 4.78 is 34.6. The summed E-state index contributed by atoms with van der Waals surface area (Å²) in [7, 11) is -4.13. The van der Waals surface area contributed by atoms with Gasteiger partial charge in [-0.2, -0.15) is 0 Å². The number of nitrogens with one attached hydrogen (secondary N) is 1. The van der Waals surface area contributed by atoms with Crippen LogP contribution in [0.2, 0.25) is 0 Å². The summed E-state index contributed by atoms with van der Waals surface area (Å²) in [5.41, 5.74) is 1.34. The fourth-order valence-electron chi connectivity index (χ4n) is 4.39. The Morgan fingerprint density at radius 3 is 2.21 bits per heavy atom. The van der Waals surface area contributed by atoms with Crippen molar-refractivity contribution in [1.29, 1.82) is 0 Å². The number of hydrogen-bond donors (Lipinski definition) is 1. The largest absolute Gasteiger partial charge is 0.494 e. The molecule has 0 saturated carbocycles. The monoisotopic (exact) mass is 611 g/mol. The van der Waals surface area contributed by atoms with Gasteiger partial charge in [-0.05, 0) is 87.0 Å². The quantitative estimate of drug-likeness (QED) is 0.173. The van der Waals surface area contributed by atoms with Crippen LogP contribution in [0.4, 0.5) is 5.69 Å². The number of benzene rings is 3. The molecule has 226 valence electrons. The number of carbonyl (C=O) groups is 2. The number of hydrogen-bond acceptors (Lipinski definition) is 6.